The van der Waals surface area contributed by atoms with Gasteiger partial charge >= 0.3 is 0 Å². The van der Waals surface area contributed by atoms with Crippen LogP contribution in [0, 0.1) is 24.5 Å². The molecule has 5 aromatic carbocycles. The van der Waals surface area contributed by atoms with Gasteiger partial charge in [-0.3, -0.25) is 0 Å². The molecule has 0 aliphatic rings. The molecular formula is C33H17N5. The highest BCUT2D eigenvalue weighted by atomic mass is 15.1. The van der Waals surface area contributed by atoms with Crippen molar-refractivity contribution < 1.29 is 0 Å². The first-order valence-corrected chi connectivity index (χ1v) is 12.1. The van der Waals surface area contributed by atoms with Gasteiger partial charge in [-0.2, -0.15) is 5.26 Å². The molecule has 0 amide bonds. The topological polar surface area (TPSA) is 42.4 Å². The Morgan fingerprint density at radius 3 is 2.11 bits per heavy atom. The zero-order valence-electron chi connectivity index (χ0n) is 20.1. The van der Waals surface area contributed by atoms with Crippen LogP contribution in [0.3, 0.4) is 0 Å². The number of benzene rings is 5. The van der Waals surface area contributed by atoms with Gasteiger partial charge in [-0.05, 0) is 53.9 Å². The summed E-state index contributed by atoms with van der Waals surface area (Å²) in [5.74, 6) is 0. The van der Waals surface area contributed by atoms with E-state index in [0.717, 1.165) is 55.0 Å². The van der Waals surface area contributed by atoms with E-state index in [9.17, 15) is 5.26 Å². The number of hydrogen-bond acceptors (Lipinski definition) is 1. The number of para-hydroxylation sites is 4. The van der Waals surface area contributed by atoms with Crippen molar-refractivity contribution in [2.45, 2.75) is 0 Å². The van der Waals surface area contributed by atoms with E-state index in [-0.39, 0.29) is 0 Å². The molecule has 0 atom stereocenters. The van der Waals surface area contributed by atoms with Gasteiger partial charge in [0.1, 0.15) is 0 Å². The first-order valence-electron chi connectivity index (χ1n) is 12.1. The number of hydrogen-bond donors (Lipinski definition) is 0. The molecule has 0 saturated heterocycles. The van der Waals surface area contributed by atoms with Gasteiger partial charge in [0, 0.05) is 16.2 Å². The molecule has 7 rings (SSSR count). The van der Waals surface area contributed by atoms with Crippen molar-refractivity contribution in [3.8, 4) is 17.4 Å². The summed E-state index contributed by atoms with van der Waals surface area (Å²) in [6, 6.07) is 35.8. The summed E-state index contributed by atoms with van der Waals surface area (Å²) >= 11 is 0. The molecule has 0 unspecified atom stereocenters. The zero-order chi connectivity index (χ0) is 25.8. The van der Waals surface area contributed by atoms with Gasteiger partial charge in [-0.25, -0.2) is 9.69 Å². The molecule has 174 valence electrons. The van der Waals surface area contributed by atoms with E-state index in [1.807, 2.05) is 78.9 Å². The highest BCUT2D eigenvalue weighted by molar-refractivity contribution is 6.15. The SMILES string of the molecule is [C-]#[N+]c1ccc2c(c1)c1cccc(-n3c4ccccc4c4cc(C#N)ccc43)c1n2-c1ccccc1[N+]#[C-]. The molecule has 0 aliphatic carbocycles. The largest absolute Gasteiger partial charge is 0.317 e. The fraction of sp³-hybridized carbons (Fsp3) is 0. The molecule has 0 spiro atoms. The van der Waals surface area contributed by atoms with Crippen molar-refractivity contribution >= 4 is 55.0 Å². The predicted molar refractivity (Wildman–Crippen MR) is 152 cm³/mol. The van der Waals surface area contributed by atoms with E-state index in [4.69, 9.17) is 13.1 Å². The summed E-state index contributed by atoms with van der Waals surface area (Å²) in [6.07, 6.45) is 0. The van der Waals surface area contributed by atoms with Crippen LogP contribution >= 0.6 is 0 Å². The minimum absolute atomic E-state index is 0.552. The molecule has 0 saturated carbocycles. The Hall–Kier alpha value is -5.83. The van der Waals surface area contributed by atoms with E-state index in [1.54, 1.807) is 0 Å². The lowest BCUT2D eigenvalue weighted by Crippen LogP contribution is -2.00. The Morgan fingerprint density at radius 2 is 1.26 bits per heavy atom. The fourth-order valence-corrected chi connectivity index (χ4v) is 5.59. The van der Waals surface area contributed by atoms with Gasteiger partial charge in [0.05, 0.1) is 58.2 Å². The molecule has 5 heteroatoms. The molecule has 2 heterocycles. The van der Waals surface area contributed by atoms with Crippen LogP contribution in [-0.4, -0.2) is 9.13 Å². The molecule has 5 nitrogen and oxygen atoms in total. The lowest BCUT2D eigenvalue weighted by molar-refractivity contribution is 1.13. The Bertz CT molecular complexity index is 2230. The van der Waals surface area contributed by atoms with Crippen molar-refractivity contribution in [1.29, 1.82) is 5.26 Å². The maximum absolute atomic E-state index is 9.56. The summed E-state index contributed by atoms with van der Waals surface area (Å²) in [5.41, 5.74) is 7.40. The number of fused-ring (bicyclic) bond motifs is 6. The van der Waals surface area contributed by atoms with Gasteiger partial charge in [0.2, 0.25) is 5.69 Å². The van der Waals surface area contributed by atoms with Crippen LogP contribution in [0.4, 0.5) is 11.4 Å². The zero-order valence-corrected chi connectivity index (χ0v) is 20.1. The smallest absolute Gasteiger partial charge is 0.210 e. The second kappa shape index (κ2) is 8.10. The third-order valence-electron chi connectivity index (χ3n) is 7.16. The van der Waals surface area contributed by atoms with Crippen LogP contribution in [-0.2, 0) is 0 Å². The van der Waals surface area contributed by atoms with E-state index in [0.29, 0.717) is 16.9 Å². The van der Waals surface area contributed by atoms with E-state index in [2.05, 4.69) is 49.2 Å². The van der Waals surface area contributed by atoms with E-state index in [1.165, 1.54) is 0 Å². The van der Waals surface area contributed by atoms with Crippen LogP contribution in [0.15, 0.2) is 103 Å². The van der Waals surface area contributed by atoms with Crippen LogP contribution in [0.1, 0.15) is 5.56 Å². The summed E-state index contributed by atoms with van der Waals surface area (Å²) in [4.78, 5) is 7.50. The summed E-state index contributed by atoms with van der Waals surface area (Å²) in [6.45, 7) is 15.4. The third-order valence-corrected chi connectivity index (χ3v) is 7.16. The molecule has 0 radical (unpaired) electrons. The summed E-state index contributed by atoms with van der Waals surface area (Å²) in [7, 11) is 0. The Kier molecular flexibility index (Phi) is 4.57. The highest BCUT2D eigenvalue weighted by Gasteiger charge is 2.21. The summed E-state index contributed by atoms with van der Waals surface area (Å²) < 4.78 is 4.38. The Balaban J connectivity index is 1.72. The maximum atomic E-state index is 9.56. The van der Waals surface area contributed by atoms with Crippen molar-refractivity contribution in [1.82, 2.24) is 9.13 Å². The number of nitrogens with zero attached hydrogens (tertiary/aromatic N) is 5. The average Bonchev–Trinajstić information content (AvgIpc) is 3.49. The van der Waals surface area contributed by atoms with E-state index < -0.39 is 0 Å². The lowest BCUT2D eigenvalue weighted by Gasteiger charge is -2.15. The van der Waals surface area contributed by atoms with Gasteiger partial charge in [0.15, 0.2) is 5.69 Å². The first-order chi connectivity index (χ1) is 18.7. The molecule has 0 fully saturated rings. The molecule has 0 bridgehead atoms. The second-order valence-corrected chi connectivity index (χ2v) is 9.12. The minimum atomic E-state index is 0.552. The molecule has 7 aromatic rings. The third kappa shape index (κ3) is 2.89. The number of aromatic nitrogens is 2. The molecular weight excluding hydrogens is 466 g/mol. The predicted octanol–water partition coefficient (Wildman–Crippen LogP) is 8.85. The number of rotatable bonds is 2. The van der Waals surface area contributed by atoms with Crippen LogP contribution < -0.4 is 0 Å². The standard InChI is InChI=1S/C33H17N5/c1-35-22-15-17-30-26(19-22)24-9-7-13-32(33(24)38(30)31-12-6-4-10-27(31)36-2)37-28-11-5-3-8-23(28)25-18-21(20-34)14-16-29(25)37/h3-19H. The van der Waals surface area contributed by atoms with Crippen LogP contribution in [0.5, 0.6) is 0 Å². The second-order valence-electron chi connectivity index (χ2n) is 9.12. The van der Waals surface area contributed by atoms with Crippen LogP contribution in [0.25, 0.3) is 64.7 Å². The van der Waals surface area contributed by atoms with Crippen molar-refractivity contribution in [2.75, 3.05) is 0 Å². The Morgan fingerprint density at radius 1 is 0.579 bits per heavy atom. The normalized spacial score (nSPS) is 11.1. The first kappa shape index (κ1) is 21.5. The minimum Gasteiger partial charge on any atom is -0.317 e. The van der Waals surface area contributed by atoms with Gasteiger partial charge in [-0.1, -0.05) is 54.6 Å². The lowest BCUT2D eigenvalue weighted by atomic mass is 10.1. The van der Waals surface area contributed by atoms with Crippen molar-refractivity contribution in [3.63, 3.8) is 0 Å². The van der Waals surface area contributed by atoms with E-state index >= 15 is 0 Å². The van der Waals surface area contributed by atoms with Gasteiger partial charge < -0.3 is 9.13 Å². The fourth-order valence-electron chi connectivity index (χ4n) is 5.59. The molecule has 2 aromatic heterocycles. The Labute approximate surface area is 218 Å². The van der Waals surface area contributed by atoms with Gasteiger partial charge in [-0.15, -0.1) is 0 Å². The van der Waals surface area contributed by atoms with Crippen LogP contribution in [0.2, 0.25) is 0 Å². The highest BCUT2D eigenvalue weighted by Crippen LogP contribution is 2.42. The molecule has 38 heavy (non-hydrogen) atoms. The van der Waals surface area contributed by atoms with Crippen molar-refractivity contribution in [2.24, 2.45) is 0 Å². The summed E-state index contributed by atoms with van der Waals surface area (Å²) in [5, 5.41) is 13.6. The maximum Gasteiger partial charge on any atom is 0.210 e. The average molecular weight is 484 g/mol. The molecule has 0 N–H and O–H groups in total. The van der Waals surface area contributed by atoms with Gasteiger partial charge in [0.25, 0.3) is 0 Å². The van der Waals surface area contributed by atoms with Crippen molar-refractivity contribution in [3.05, 3.63) is 132 Å². The monoisotopic (exact) mass is 483 g/mol. The quantitative estimate of drug-likeness (QED) is 0.226. The number of nitriles is 1. The molecule has 0 aliphatic heterocycles.